The maximum Gasteiger partial charge on any atom is 0.0721 e. The Morgan fingerprint density at radius 2 is 1.94 bits per heavy atom. The molecule has 1 nitrogen and oxygen atoms in total. The highest BCUT2D eigenvalue weighted by Gasteiger charge is 2.24. The van der Waals surface area contributed by atoms with Crippen molar-refractivity contribution in [2.24, 2.45) is 5.92 Å². The van der Waals surface area contributed by atoms with Crippen molar-refractivity contribution < 1.29 is 0 Å². The molecule has 1 fully saturated rings. The molecule has 0 saturated heterocycles. The topological polar surface area (TPSA) is 12.0 Å². The molecule has 0 heterocycles. The predicted octanol–water partition coefficient (Wildman–Crippen LogP) is 5.36. The summed E-state index contributed by atoms with van der Waals surface area (Å²) in [5, 5.41) is 4.73. The Balaban J connectivity index is 2.07. The molecule has 1 unspecified atom stereocenters. The average Bonchev–Trinajstić information content (AvgIpc) is 2.95. The summed E-state index contributed by atoms with van der Waals surface area (Å²) in [6.07, 6.45) is 3.93. The fourth-order valence-electron chi connectivity index (χ4n) is 1.84. The summed E-state index contributed by atoms with van der Waals surface area (Å²) in [7, 11) is 0. The van der Waals surface area contributed by atoms with Gasteiger partial charge in [-0.2, -0.15) is 0 Å². The molecule has 2 rings (SSSR count). The van der Waals surface area contributed by atoms with Crippen molar-refractivity contribution >= 4 is 44.8 Å². The van der Waals surface area contributed by atoms with E-state index in [1.807, 2.05) is 12.1 Å². The van der Waals surface area contributed by atoms with Gasteiger partial charge in [0.2, 0.25) is 0 Å². The van der Waals surface area contributed by atoms with Crippen LogP contribution >= 0.6 is 39.1 Å². The number of hydrogen-bond acceptors (Lipinski definition) is 1. The summed E-state index contributed by atoms with van der Waals surface area (Å²) in [6.45, 7) is 2.17. The molecule has 1 atom stereocenters. The minimum Gasteiger partial charge on any atom is -0.380 e. The first-order valence-electron chi connectivity index (χ1n) is 5.47. The second kappa shape index (κ2) is 5.16. The van der Waals surface area contributed by atoms with Crippen LogP contribution in [0.4, 0.5) is 5.69 Å². The number of rotatable bonds is 4. The second-order valence-corrected chi connectivity index (χ2v) is 6.20. The monoisotopic (exact) mass is 321 g/mol. The van der Waals surface area contributed by atoms with Crippen molar-refractivity contribution in [3.8, 4) is 0 Å². The van der Waals surface area contributed by atoms with Gasteiger partial charge >= 0.3 is 0 Å². The first-order chi connectivity index (χ1) is 7.56. The Morgan fingerprint density at radius 1 is 1.38 bits per heavy atom. The zero-order valence-electron chi connectivity index (χ0n) is 9.06. The van der Waals surface area contributed by atoms with Gasteiger partial charge in [-0.25, -0.2) is 0 Å². The minimum absolute atomic E-state index is 0.420. The Hall–Kier alpha value is 0.0800. The SMILES string of the molecule is CC(CC1CC1)Nc1c(Cl)cc(Br)cc1Cl. The standard InChI is InChI=1S/C12H14BrCl2N/c1-7(4-8-2-3-8)16-12-10(14)5-9(13)6-11(12)15/h5-8,16H,2-4H2,1H3. The smallest absolute Gasteiger partial charge is 0.0721 e. The summed E-state index contributed by atoms with van der Waals surface area (Å²) in [6, 6.07) is 4.14. The summed E-state index contributed by atoms with van der Waals surface area (Å²) < 4.78 is 0.905. The van der Waals surface area contributed by atoms with Gasteiger partial charge in [0.25, 0.3) is 0 Å². The van der Waals surface area contributed by atoms with Crippen molar-refractivity contribution in [1.29, 1.82) is 0 Å². The lowest BCUT2D eigenvalue weighted by atomic mass is 10.1. The van der Waals surface area contributed by atoms with Crippen LogP contribution in [0.25, 0.3) is 0 Å². The van der Waals surface area contributed by atoms with Gasteiger partial charge in [-0.05, 0) is 31.4 Å². The van der Waals surface area contributed by atoms with Gasteiger partial charge in [-0.1, -0.05) is 52.0 Å². The lowest BCUT2D eigenvalue weighted by Crippen LogP contribution is -2.16. The van der Waals surface area contributed by atoms with Crippen LogP contribution in [0.5, 0.6) is 0 Å². The third-order valence-electron chi connectivity index (χ3n) is 2.78. The number of anilines is 1. The molecule has 1 aliphatic rings. The highest BCUT2D eigenvalue weighted by molar-refractivity contribution is 9.10. The molecule has 1 aromatic carbocycles. The van der Waals surface area contributed by atoms with Crippen molar-refractivity contribution in [3.05, 3.63) is 26.7 Å². The van der Waals surface area contributed by atoms with Crippen LogP contribution in [0.3, 0.4) is 0 Å². The molecule has 1 saturated carbocycles. The van der Waals surface area contributed by atoms with Crippen LogP contribution < -0.4 is 5.32 Å². The van der Waals surface area contributed by atoms with Gasteiger partial charge in [-0.15, -0.1) is 0 Å². The van der Waals surface area contributed by atoms with Gasteiger partial charge in [0, 0.05) is 10.5 Å². The lowest BCUT2D eigenvalue weighted by molar-refractivity contribution is 0.642. The first kappa shape index (κ1) is 12.5. The predicted molar refractivity (Wildman–Crippen MR) is 74.6 cm³/mol. The normalized spacial score (nSPS) is 17.2. The molecule has 0 bridgehead atoms. The largest absolute Gasteiger partial charge is 0.380 e. The van der Waals surface area contributed by atoms with E-state index in [0.29, 0.717) is 16.1 Å². The highest BCUT2D eigenvalue weighted by Crippen LogP contribution is 2.37. The van der Waals surface area contributed by atoms with Crippen LogP contribution in [0.2, 0.25) is 10.0 Å². The average molecular weight is 323 g/mol. The molecule has 4 heteroatoms. The molecule has 16 heavy (non-hydrogen) atoms. The Labute approximate surface area is 115 Å². The van der Waals surface area contributed by atoms with Crippen LogP contribution in [0.15, 0.2) is 16.6 Å². The first-order valence-corrected chi connectivity index (χ1v) is 7.02. The zero-order chi connectivity index (χ0) is 11.7. The summed E-state index contributed by atoms with van der Waals surface area (Å²) >= 11 is 15.7. The number of nitrogens with one attached hydrogen (secondary N) is 1. The number of benzene rings is 1. The quantitative estimate of drug-likeness (QED) is 0.787. The fraction of sp³-hybridized carbons (Fsp3) is 0.500. The third kappa shape index (κ3) is 3.28. The zero-order valence-corrected chi connectivity index (χ0v) is 12.2. The highest BCUT2D eigenvalue weighted by atomic mass is 79.9. The van der Waals surface area contributed by atoms with E-state index in [4.69, 9.17) is 23.2 Å². The Morgan fingerprint density at radius 3 is 2.44 bits per heavy atom. The summed E-state index contributed by atoms with van der Waals surface area (Å²) in [5.41, 5.74) is 0.847. The molecule has 0 aromatic heterocycles. The van der Waals surface area contributed by atoms with E-state index in [9.17, 15) is 0 Å². The molecule has 1 aromatic rings. The van der Waals surface area contributed by atoms with Crippen molar-refractivity contribution in [2.45, 2.75) is 32.2 Å². The summed E-state index contributed by atoms with van der Waals surface area (Å²) in [4.78, 5) is 0. The minimum atomic E-state index is 0.420. The van der Waals surface area contributed by atoms with E-state index in [1.165, 1.54) is 19.3 Å². The van der Waals surface area contributed by atoms with Gasteiger partial charge in [-0.3, -0.25) is 0 Å². The van der Waals surface area contributed by atoms with E-state index < -0.39 is 0 Å². The molecule has 1 aliphatic carbocycles. The van der Waals surface area contributed by atoms with E-state index in [0.717, 1.165) is 16.1 Å². The Kier molecular flexibility index (Phi) is 4.04. The van der Waals surface area contributed by atoms with Crippen molar-refractivity contribution in [2.75, 3.05) is 5.32 Å². The van der Waals surface area contributed by atoms with E-state index in [2.05, 4.69) is 28.2 Å². The molecule has 0 spiro atoms. The second-order valence-electron chi connectivity index (χ2n) is 4.47. The number of halogens is 3. The van der Waals surface area contributed by atoms with Gasteiger partial charge in [0.15, 0.2) is 0 Å². The molecule has 88 valence electrons. The van der Waals surface area contributed by atoms with Gasteiger partial charge < -0.3 is 5.32 Å². The maximum atomic E-state index is 6.15. The number of hydrogen-bond donors (Lipinski definition) is 1. The molecule has 0 aliphatic heterocycles. The van der Waals surface area contributed by atoms with Gasteiger partial charge in [0.05, 0.1) is 15.7 Å². The van der Waals surface area contributed by atoms with E-state index in [1.54, 1.807) is 0 Å². The van der Waals surface area contributed by atoms with Crippen LogP contribution in [0, 0.1) is 5.92 Å². The summed E-state index contributed by atoms with van der Waals surface area (Å²) in [5.74, 6) is 0.899. The Bertz CT molecular complexity index is 368. The maximum absolute atomic E-state index is 6.15. The van der Waals surface area contributed by atoms with Crippen molar-refractivity contribution in [1.82, 2.24) is 0 Å². The van der Waals surface area contributed by atoms with Crippen LogP contribution in [-0.4, -0.2) is 6.04 Å². The van der Waals surface area contributed by atoms with Crippen molar-refractivity contribution in [3.63, 3.8) is 0 Å². The fourth-order valence-corrected chi connectivity index (χ4v) is 3.16. The molecule has 0 amide bonds. The molecular formula is C12H14BrCl2N. The molecule has 1 N–H and O–H groups in total. The molecule has 0 radical (unpaired) electrons. The van der Waals surface area contributed by atoms with Crippen LogP contribution in [0.1, 0.15) is 26.2 Å². The molecular weight excluding hydrogens is 309 g/mol. The van der Waals surface area contributed by atoms with Crippen LogP contribution in [-0.2, 0) is 0 Å². The van der Waals surface area contributed by atoms with E-state index in [-0.39, 0.29) is 0 Å². The third-order valence-corrected chi connectivity index (χ3v) is 3.84. The van der Waals surface area contributed by atoms with E-state index >= 15 is 0 Å². The lowest BCUT2D eigenvalue weighted by Gasteiger charge is -2.17. The van der Waals surface area contributed by atoms with Gasteiger partial charge in [0.1, 0.15) is 0 Å².